The Labute approximate surface area is 140 Å². The number of hydrogen-bond acceptors (Lipinski definition) is 4. The van der Waals surface area contributed by atoms with Crippen molar-refractivity contribution in [3.63, 3.8) is 0 Å². The van der Waals surface area contributed by atoms with Gasteiger partial charge in [-0.15, -0.1) is 0 Å². The summed E-state index contributed by atoms with van der Waals surface area (Å²) in [7, 11) is 1.90. The van der Waals surface area contributed by atoms with Crippen LogP contribution in [0.4, 0.5) is 5.69 Å². The minimum atomic E-state index is -0.0171. The molecule has 120 valence electrons. The van der Waals surface area contributed by atoms with Crippen LogP contribution in [0.3, 0.4) is 0 Å². The lowest BCUT2D eigenvalue weighted by Gasteiger charge is -2.22. The second-order valence-electron chi connectivity index (χ2n) is 5.33. The molecule has 1 amide bonds. The molecule has 0 bridgehead atoms. The molecule has 0 unspecified atom stereocenters. The van der Waals surface area contributed by atoms with Gasteiger partial charge < -0.3 is 9.47 Å². The number of carbonyl (C=O) groups excluding carboxylic acids is 1. The zero-order chi connectivity index (χ0) is 16.8. The second-order valence-corrected chi connectivity index (χ2v) is 6.27. The Morgan fingerprint density at radius 2 is 2.17 bits per heavy atom. The van der Waals surface area contributed by atoms with E-state index in [9.17, 15) is 4.79 Å². The first kappa shape index (κ1) is 17.1. The molecule has 0 saturated carbocycles. The van der Waals surface area contributed by atoms with Gasteiger partial charge in [-0.2, -0.15) is 5.26 Å². The minimum absolute atomic E-state index is 0.0171. The van der Waals surface area contributed by atoms with Gasteiger partial charge in [-0.1, -0.05) is 17.8 Å². The molecule has 0 fully saturated rings. The molecule has 2 rings (SSSR count). The molecule has 1 aromatic heterocycles. The number of imidazole rings is 1. The van der Waals surface area contributed by atoms with Gasteiger partial charge in [-0.3, -0.25) is 4.79 Å². The van der Waals surface area contributed by atoms with E-state index in [2.05, 4.69) is 11.1 Å². The highest BCUT2D eigenvalue weighted by molar-refractivity contribution is 7.99. The van der Waals surface area contributed by atoms with E-state index in [0.717, 1.165) is 16.4 Å². The molecule has 0 radical (unpaired) electrons. The molecule has 0 atom stereocenters. The van der Waals surface area contributed by atoms with Crippen LogP contribution in [-0.2, 0) is 11.8 Å². The second kappa shape index (κ2) is 7.84. The summed E-state index contributed by atoms with van der Waals surface area (Å²) in [6, 6.07) is 8.04. The van der Waals surface area contributed by atoms with E-state index in [1.165, 1.54) is 17.3 Å². The predicted octanol–water partition coefficient (Wildman–Crippen LogP) is 3.08. The Balaban J connectivity index is 2.13. The topological polar surface area (TPSA) is 61.9 Å². The number of carbonyl (C=O) groups is 1. The van der Waals surface area contributed by atoms with Gasteiger partial charge in [0.2, 0.25) is 5.91 Å². The van der Waals surface area contributed by atoms with Gasteiger partial charge in [0.15, 0.2) is 5.16 Å². The van der Waals surface area contributed by atoms with Crippen LogP contribution in [0.1, 0.15) is 17.5 Å². The Kier molecular flexibility index (Phi) is 5.83. The summed E-state index contributed by atoms with van der Waals surface area (Å²) in [6.45, 7) is 4.46. The third-order valence-corrected chi connectivity index (χ3v) is 4.70. The van der Waals surface area contributed by atoms with E-state index in [1.54, 1.807) is 11.1 Å². The number of anilines is 1. The van der Waals surface area contributed by atoms with Gasteiger partial charge in [0.05, 0.1) is 18.2 Å². The number of rotatable bonds is 6. The van der Waals surface area contributed by atoms with E-state index in [4.69, 9.17) is 5.26 Å². The monoisotopic (exact) mass is 328 g/mol. The number of aryl methyl sites for hydroxylation is 3. The Hall–Kier alpha value is -2.26. The van der Waals surface area contributed by atoms with Crippen molar-refractivity contribution in [1.29, 1.82) is 5.26 Å². The van der Waals surface area contributed by atoms with Crippen molar-refractivity contribution < 1.29 is 4.79 Å². The fourth-order valence-corrected chi connectivity index (χ4v) is 2.96. The first-order valence-corrected chi connectivity index (χ1v) is 8.36. The summed E-state index contributed by atoms with van der Waals surface area (Å²) >= 11 is 1.40. The van der Waals surface area contributed by atoms with E-state index in [-0.39, 0.29) is 5.91 Å². The van der Waals surface area contributed by atoms with Crippen molar-refractivity contribution in [2.75, 3.05) is 17.2 Å². The van der Waals surface area contributed by atoms with Crippen LogP contribution >= 0.6 is 11.8 Å². The minimum Gasteiger partial charge on any atom is -0.329 e. The number of thioether (sulfide) groups is 1. The maximum absolute atomic E-state index is 12.6. The lowest BCUT2D eigenvalue weighted by atomic mass is 10.1. The summed E-state index contributed by atoms with van der Waals surface area (Å²) < 4.78 is 1.88. The number of benzene rings is 1. The molecule has 6 heteroatoms. The molecule has 1 aromatic carbocycles. The van der Waals surface area contributed by atoms with Crippen LogP contribution < -0.4 is 4.90 Å². The summed E-state index contributed by atoms with van der Waals surface area (Å²) in [5.74, 6) is 0.278. The van der Waals surface area contributed by atoms with Crippen molar-refractivity contribution in [3.05, 3.63) is 41.7 Å². The fraction of sp³-hybridized carbons (Fsp3) is 0.353. The molecule has 0 aliphatic rings. The zero-order valence-corrected chi connectivity index (χ0v) is 14.4. The molecule has 2 aromatic rings. The summed E-state index contributed by atoms with van der Waals surface area (Å²) in [4.78, 5) is 18.5. The van der Waals surface area contributed by atoms with Crippen LogP contribution in [-0.4, -0.2) is 27.8 Å². The van der Waals surface area contributed by atoms with E-state index in [1.807, 2.05) is 49.9 Å². The number of amides is 1. The summed E-state index contributed by atoms with van der Waals surface area (Å²) in [5, 5.41) is 9.66. The smallest absolute Gasteiger partial charge is 0.237 e. The van der Waals surface area contributed by atoms with Gasteiger partial charge in [0.1, 0.15) is 0 Å². The standard InChI is InChI=1S/C17H20N4OS/c1-13-5-6-15(11-14(13)2)21(9-4-7-18)16(22)12-23-17-19-8-10-20(17)3/h5-6,8,10-11H,4,9,12H2,1-3H3. The molecule has 23 heavy (non-hydrogen) atoms. The van der Waals surface area contributed by atoms with Crippen molar-refractivity contribution in [3.8, 4) is 6.07 Å². The normalized spacial score (nSPS) is 10.3. The highest BCUT2D eigenvalue weighted by Gasteiger charge is 2.17. The van der Waals surface area contributed by atoms with Crippen LogP contribution in [0.25, 0.3) is 0 Å². The average molecular weight is 328 g/mol. The number of hydrogen-bond donors (Lipinski definition) is 0. The molecule has 0 saturated heterocycles. The molecular formula is C17H20N4OS. The lowest BCUT2D eigenvalue weighted by Crippen LogP contribution is -2.33. The largest absolute Gasteiger partial charge is 0.329 e. The SMILES string of the molecule is Cc1ccc(N(CCC#N)C(=O)CSc2nccn2C)cc1C. The van der Waals surface area contributed by atoms with Crippen molar-refractivity contribution in [1.82, 2.24) is 9.55 Å². The van der Waals surface area contributed by atoms with E-state index in [0.29, 0.717) is 18.7 Å². The van der Waals surface area contributed by atoms with Crippen LogP contribution in [0, 0.1) is 25.2 Å². The first-order chi connectivity index (χ1) is 11.0. The summed E-state index contributed by atoms with van der Waals surface area (Å²) in [5.41, 5.74) is 3.16. The van der Waals surface area contributed by atoms with Crippen molar-refractivity contribution >= 4 is 23.4 Å². The van der Waals surface area contributed by atoms with Crippen molar-refractivity contribution in [2.24, 2.45) is 7.05 Å². The van der Waals surface area contributed by atoms with Crippen LogP contribution in [0.5, 0.6) is 0 Å². The van der Waals surface area contributed by atoms with Gasteiger partial charge in [0.25, 0.3) is 0 Å². The molecule has 0 N–H and O–H groups in total. The third-order valence-electron chi connectivity index (χ3n) is 3.65. The quantitative estimate of drug-likeness (QED) is 0.765. The Bertz CT molecular complexity index is 732. The molecule has 0 aliphatic heterocycles. The van der Waals surface area contributed by atoms with Crippen LogP contribution in [0.2, 0.25) is 0 Å². The van der Waals surface area contributed by atoms with E-state index >= 15 is 0 Å². The number of nitrogens with zero attached hydrogens (tertiary/aromatic N) is 4. The average Bonchev–Trinajstić information content (AvgIpc) is 2.94. The van der Waals surface area contributed by atoms with Crippen molar-refractivity contribution in [2.45, 2.75) is 25.4 Å². The van der Waals surface area contributed by atoms with Crippen LogP contribution in [0.15, 0.2) is 35.7 Å². The maximum Gasteiger partial charge on any atom is 0.237 e. The van der Waals surface area contributed by atoms with Gasteiger partial charge >= 0.3 is 0 Å². The van der Waals surface area contributed by atoms with Gasteiger partial charge in [-0.05, 0) is 37.1 Å². The zero-order valence-electron chi connectivity index (χ0n) is 13.6. The first-order valence-electron chi connectivity index (χ1n) is 7.37. The predicted molar refractivity (Wildman–Crippen MR) is 92.4 cm³/mol. The molecular weight excluding hydrogens is 308 g/mol. The highest BCUT2D eigenvalue weighted by Crippen LogP contribution is 2.22. The van der Waals surface area contributed by atoms with Gasteiger partial charge in [0, 0.05) is 31.7 Å². The molecule has 0 spiro atoms. The fourth-order valence-electron chi connectivity index (χ4n) is 2.15. The number of aromatic nitrogens is 2. The lowest BCUT2D eigenvalue weighted by molar-refractivity contribution is -0.116. The Morgan fingerprint density at radius 3 is 2.78 bits per heavy atom. The molecule has 5 nitrogen and oxygen atoms in total. The summed E-state index contributed by atoms with van der Waals surface area (Å²) in [6.07, 6.45) is 3.87. The highest BCUT2D eigenvalue weighted by atomic mass is 32.2. The van der Waals surface area contributed by atoms with Gasteiger partial charge in [-0.25, -0.2) is 4.98 Å². The molecule has 1 heterocycles. The number of nitriles is 1. The molecule has 0 aliphatic carbocycles. The third kappa shape index (κ3) is 4.36. The Morgan fingerprint density at radius 1 is 1.39 bits per heavy atom. The maximum atomic E-state index is 12.6. The van der Waals surface area contributed by atoms with E-state index < -0.39 is 0 Å².